The van der Waals surface area contributed by atoms with Crippen LogP contribution in [-0.4, -0.2) is 22.0 Å². The van der Waals surface area contributed by atoms with E-state index in [0.29, 0.717) is 11.6 Å². The highest BCUT2D eigenvalue weighted by Gasteiger charge is 2.24. The molecule has 0 radical (unpaired) electrons. The van der Waals surface area contributed by atoms with Gasteiger partial charge in [0.05, 0.1) is 0 Å². The summed E-state index contributed by atoms with van der Waals surface area (Å²) >= 11 is 5.98. The van der Waals surface area contributed by atoms with E-state index in [9.17, 15) is 14.4 Å². The van der Waals surface area contributed by atoms with Gasteiger partial charge in [0.1, 0.15) is 5.82 Å². The molecule has 29 heavy (non-hydrogen) atoms. The number of nitrogens with one attached hydrogen (secondary N) is 1. The minimum atomic E-state index is -0.683. The van der Waals surface area contributed by atoms with Crippen molar-refractivity contribution in [1.82, 2.24) is 9.55 Å². The number of hydrogen-bond donors (Lipinski definition) is 2. The van der Waals surface area contributed by atoms with Gasteiger partial charge in [0.2, 0.25) is 0 Å². The Hall–Kier alpha value is -2.80. The Bertz CT molecular complexity index is 1020. The van der Waals surface area contributed by atoms with Gasteiger partial charge in [-0.15, -0.1) is 0 Å². The number of aromatic amines is 1. The fraction of sp³-hybridized carbons (Fsp3) is 0.381. The number of H-pyrrole nitrogens is 1. The molecule has 156 valence electrons. The quantitative estimate of drug-likeness (QED) is 0.674. The predicted octanol–water partition coefficient (Wildman–Crippen LogP) is 3.13. The Balaban J connectivity index is 2.51. The van der Waals surface area contributed by atoms with Crippen LogP contribution >= 0.6 is 11.6 Å². The van der Waals surface area contributed by atoms with Gasteiger partial charge in [0.15, 0.2) is 5.69 Å². The van der Waals surface area contributed by atoms with Crippen molar-refractivity contribution in [3.05, 3.63) is 61.8 Å². The zero-order chi connectivity index (χ0) is 21.7. The Morgan fingerprint density at radius 1 is 1.24 bits per heavy atom. The van der Waals surface area contributed by atoms with Gasteiger partial charge in [-0.3, -0.25) is 19.1 Å². The summed E-state index contributed by atoms with van der Waals surface area (Å²) < 4.78 is 1.29. The summed E-state index contributed by atoms with van der Waals surface area (Å²) in [4.78, 5) is 41.3. The Morgan fingerprint density at radius 2 is 1.93 bits per heavy atom. The molecule has 0 fully saturated rings. The summed E-state index contributed by atoms with van der Waals surface area (Å²) in [6.07, 6.45) is 2.99. The van der Waals surface area contributed by atoms with Crippen LogP contribution in [0.3, 0.4) is 0 Å². The molecule has 0 aliphatic heterocycles. The Morgan fingerprint density at radius 3 is 2.52 bits per heavy atom. The van der Waals surface area contributed by atoms with E-state index < -0.39 is 17.2 Å². The minimum absolute atomic E-state index is 0.0142. The van der Waals surface area contributed by atoms with Crippen LogP contribution in [0.4, 0.5) is 11.5 Å². The molecule has 3 N–H and O–H groups in total. The molecule has 0 unspecified atom stereocenters. The Labute approximate surface area is 174 Å². The van der Waals surface area contributed by atoms with Crippen LogP contribution < -0.4 is 21.9 Å². The monoisotopic (exact) mass is 418 g/mol. The van der Waals surface area contributed by atoms with E-state index in [1.165, 1.54) is 15.5 Å². The third-order valence-corrected chi connectivity index (χ3v) is 4.35. The van der Waals surface area contributed by atoms with Crippen molar-refractivity contribution in [2.24, 2.45) is 11.8 Å². The molecule has 7 nitrogen and oxygen atoms in total. The lowest BCUT2D eigenvalue weighted by Crippen LogP contribution is -2.42. The standard InChI is InChI=1S/C21H27ClN4O3/c1-13(2)11-25(17(27)9-8-15-6-5-7-16(22)10-15)18-19(23)26(12-14(3)4)21(29)24-20(18)28/h5-10,13-14H,11-12,23H2,1-4H3,(H,24,28,29)/b9-8+. The summed E-state index contributed by atoms with van der Waals surface area (Å²) in [5.74, 6) is -0.225. The van der Waals surface area contributed by atoms with E-state index in [0.717, 1.165) is 5.56 Å². The van der Waals surface area contributed by atoms with Gasteiger partial charge >= 0.3 is 5.69 Å². The van der Waals surface area contributed by atoms with E-state index in [-0.39, 0.29) is 29.9 Å². The van der Waals surface area contributed by atoms with E-state index >= 15 is 0 Å². The molecule has 2 rings (SSSR count). The van der Waals surface area contributed by atoms with Crippen molar-refractivity contribution in [3.8, 4) is 0 Å². The number of nitrogen functional groups attached to an aromatic ring is 1. The highest BCUT2D eigenvalue weighted by Crippen LogP contribution is 2.20. The molecule has 1 aromatic heterocycles. The normalized spacial score (nSPS) is 11.6. The van der Waals surface area contributed by atoms with E-state index in [2.05, 4.69) is 4.98 Å². The van der Waals surface area contributed by atoms with Gasteiger partial charge in [0.25, 0.3) is 11.5 Å². The molecular weight excluding hydrogens is 392 g/mol. The number of amides is 1. The maximum absolute atomic E-state index is 13.0. The molecule has 0 saturated heterocycles. The maximum atomic E-state index is 13.0. The number of hydrogen-bond acceptors (Lipinski definition) is 4. The Kier molecular flexibility index (Phi) is 7.45. The molecule has 2 aromatic rings. The first kappa shape index (κ1) is 22.5. The van der Waals surface area contributed by atoms with Crippen molar-refractivity contribution >= 4 is 35.1 Å². The van der Waals surface area contributed by atoms with Crippen LogP contribution in [0.25, 0.3) is 6.08 Å². The van der Waals surface area contributed by atoms with E-state index in [1.54, 1.807) is 24.3 Å². The third-order valence-electron chi connectivity index (χ3n) is 4.11. The zero-order valence-corrected chi connectivity index (χ0v) is 17.9. The van der Waals surface area contributed by atoms with Crippen LogP contribution in [-0.2, 0) is 11.3 Å². The van der Waals surface area contributed by atoms with Crippen LogP contribution in [0.5, 0.6) is 0 Å². The minimum Gasteiger partial charge on any atom is -0.383 e. The number of rotatable bonds is 7. The lowest BCUT2D eigenvalue weighted by atomic mass is 10.1. The number of nitrogens with two attached hydrogens (primary N) is 1. The number of carbonyl (C=O) groups excluding carboxylic acids is 1. The number of benzene rings is 1. The molecule has 0 spiro atoms. The number of halogens is 1. The van der Waals surface area contributed by atoms with Gasteiger partial charge in [0, 0.05) is 24.2 Å². The molecule has 1 aromatic carbocycles. The van der Waals surface area contributed by atoms with Gasteiger partial charge in [-0.25, -0.2) is 4.79 Å². The number of anilines is 2. The van der Waals surface area contributed by atoms with Crippen LogP contribution in [0, 0.1) is 11.8 Å². The average molecular weight is 419 g/mol. The third kappa shape index (κ3) is 5.84. The molecule has 0 aliphatic rings. The second-order valence-electron chi connectivity index (χ2n) is 7.73. The van der Waals surface area contributed by atoms with E-state index in [1.807, 2.05) is 33.8 Å². The first-order valence-corrected chi connectivity index (χ1v) is 9.85. The zero-order valence-electron chi connectivity index (χ0n) is 17.1. The van der Waals surface area contributed by atoms with Crippen LogP contribution in [0.1, 0.15) is 33.3 Å². The first-order valence-electron chi connectivity index (χ1n) is 9.47. The number of carbonyl (C=O) groups is 1. The molecule has 8 heteroatoms. The number of nitrogens with zero attached hydrogens (tertiary/aromatic N) is 2. The summed E-state index contributed by atoms with van der Waals surface area (Å²) in [5.41, 5.74) is 5.65. The van der Waals surface area contributed by atoms with Gasteiger partial charge in [-0.1, -0.05) is 51.4 Å². The largest absolute Gasteiger partial charge is 0.383 e. The van der Waals surface area contributed by atoms with Crippen molar-refractivity contribution in [2.75, 3.05) is 17.2 Å². The molecule has 0 atom stereocenters. The topological polar surface area (TPSA) is 101 Å². The molecule has 1 amide bonds. The van der Waals surface area contributed by atoms with Crippen molar-refractivity contribution in [3.63, 3.8) is 0 Å². The highest BCUT2D eigenvalue weighted by molar-refractivity contribution is 6.30. The van der Waals surface area contributed by atoms with Gasteiger partial charge in [-0.2, -0.15) is 0 Å². The SMILES string of the molecule is CC(C)CN(C(=O)/C=C/c1cccc(Cl)c1)c1c(N)n(CC(C)C)c(=O)[nH]c1=O. The lowest BCUT2D eigenvalue weighted by Gasteiger charge is -2.25. The average Bonchev–Trinajstić information content (AvgIpc) is 2.62. The van der Waals surface area contributed by atoms with E-state index in [4.69, 9.17) is 17.3 Å². The van der Waals surface area contributed by atoms with Gasteiger partial charge < -0.3 is 10.6 Å². The molecule has 0 aliphatic carbocycles. The van der Waals surface area contributed by atoms with Crippen molar-refractivity contribution < 1.29 is 4.79 Å². The summed E-state index contributed by atoms with van der Waals surface area (Å²) in [6, 6.07) is 7.06. The fourth-order valence-electron chi connectivity index (χ4n) is 2.91. The predicted molar refractivity (Wildman–Crippen MR) is 118 cm³/mol. The summed E-state index contributed by atoms with van der Waals surface area (Å²) in [7, 11) is 0. The van der Waals surface area contributed by atoms with Crippen molar-refractivity contribution in [2.45, 2.75) is 34.2 Å². The maximum Gasteiger partial charge on any atom is 0.330 e. The van der Waals surface area contributed by atoms with Gasteiger partial charge in [-0.05, 0) is 35.6 Å². The smallest absolute Gasteiger partial charge is 0.330 e. The first-order chi connectivity index (χ1) is 13.6. The molecule has 0 saturated carbocycles. The summed E-state index contributed by atoms with van der Waals surface area (Å²) in [5, 5.41) is 0.556. The lowest BCUT2D eigenvalue weighted by molar-refractivity contribution is -0.114. The number of aromatic nitrogens is 2. The molecule has 0 bridgehead atoms. The second-order valence-corrected chi connectivity index (χ2v) is 8.17. The molecular formula is C21H27ClN4O3. The fourth-order valence-corrected chi connectivity index (χ4v) is 3.11. The van der Waals surface area contributed by atoms with Crippen LogP contribution in [0.15, 0.2) is 39.9 Å². The van der Waals surface area contributed by atoms with Crippen LogP contribution in [0.2, 0.25) is 5.02 Å². The second kappa shape index (κ2) is 9.60. The molecule has 1 heterocycles. The van der Waals surface area contributed by atoms with Crippen molar-refractivity contribution in [1.29, 1.82) is 0 Å². The summed E-state index contributed by atoms with van der Waals surface area (Å²) in [6.45, 7) is 8.32. The highest BCUT2D eigenvalue weighted by atomic mass is 35.5.